The molecule has 30 heavy (non-hydrogen) atoms. The van der Waals surface area contributed by atoms with Crippen LogP contribution in [0.4, 0.5) is 5.69 Å². The van der Waals surface area contributed by atoms with Gasteiger partial charge in [0.25, 0.3) is 5.91 Å². The Kier molecular flexibility index (Phi) is 5.18. The zero-order valence-corrected chi connectivity index (χ0v) is 16.3. The molecular formula is C25H20N2O3. The molecule has 0 heterocycles. The number of phenolic OH excluding ortho intramolecular Hbond substituents is 1. The van der Waals surface area contributed by atoms with Crippen molar-refractivity contribution in [1.82, 2.24) is 5.43 Å². The van der Waals surface area contributed by atoms with Gasteiger partial charge in [-0.1, -0.05) is 60.7 Å². The number of aryl methyl sites for hydroxylation is 1. The Labute approximate surface area is 174 Å². The van der Waals surface area contributed by atoms with Crippen LogP contribution >= 0.6 is 0 Å². The molecule has 0 saturated carbocycles. The second kappa shape index (κ2) is 8.09. The van der Waals surface area contributed by atoms with Crippen LogP contribution in [0.3, 0.4) is 0 Å². The third-order valence-electron chi connectivity index (χ3n) is 4.88. The van der Waals surface area contributed by atoms with E-state index in [1.165, 1.54) is 0 Å². The minimum absolute atomic E-state index is 0.169. The molecule has 0 atom stereocenters. The number of hydrazine groups is 1. The third kappa shape index (κ3) is 3.73. The molecule has 3 N–H and O–H groups in total. The maximum atomic E-state index is 13.3. The van der Waals surface area contributed by atoms with Gasteiger partial charge in [0, 0.05) is 11.1 Å². The quantitative estimate of drug-likeness (QED) is 0.256. The Hall–Kier alpha value is -4.12. The Morgan fingerprint density at radius 1 is 0.800 bits per heavy atom. The predicted molar refractivity (Wildman–Crippen MR) is 118 cm³/mol. The first kappa shape index (κ1) is 19.2. The minimum atomic E-state index is -0.349. The van der Waals surface area contributed by atoms with Crippen molar-refractivity contribution in [3.05, 3.63) is 107 Å². The summed E-state index contributed by atoms with van der Waals surface area (Å²) in [6.07, 6.45) is 0. The van der Waals surface area contributed by atoms with Crippen LogP contribution in [-0.4, -0.2) is 16.8 Å². The zero-order chi connectivity index (χ0) is 21.1. The molecule has 4 aromatic rings. The van der Waals surface area contributed by atoms with Crippen molar-refractivity contribution in [1.29, 1.82) is 0 Å². The van der Waals surface area contributed by atoms with Crippen LogP contribution in [0.2, 0.25) is 0 Å². The monoisotopic (exact) mass is 396 g/mol. The summed E-state index contributed by atoms with van der Waals surface area (Å²) in [5, 5.41) is 12.5. The second-order valence-corrected chi connectivity index (χ2v) is 7.01. The first-order valence-electron chi connectivity index (χ1n) is 9.52. The average Bonchev–Trinajstić information content (AvgIpc) is 2.79. The van der Waals surface area contributed by atoms with Gasteiger partial charge in [-0.2, -0.15) is 0 Å². The number of benzene rings is 4. The predicted octanol–water partition coefficient (Wildman–Crippen LogP) is 4.84. The lowest BCUT2D eigenvalue weighted by molar-refractivity contribution is 0.0962. The highest BCUT2D eigenvalue weighted by molar-refractivity contribution is 6.18. The lowest BCUT2D eigenvalue weighted by atomic mass is 9.95. The third-order valence-corrected chi connectivity index (χ3v) is 4.88. The Bertz CT molecular complexity index is 1240. The van der Waals surface area contributed by atoms with Crippen molar-refractivity contribution in [2.45, 2.75) is 6.92 Å². The first-order chi connectivity index (χ1) is 14.5. The number of fused-ring (bicyclic) bond motifs is 1. The summed E-state index contributed by atoms with van der Waals surface area (Å²) in [4.78, 5) is 25.5. The molecule has 0 aliphatic carbocycles. The van der Waals surface area contributed by atoms with Crippen LogP contribution in [0.5, 0.6) is 5.75 Å². The molecule has 0 unspecified atom stereocenters. The van der Waals surface area contributed by atoms with Crippen molar-refractivity contribution in [3.63, 3.8) is 0 Å². The van der Waals surface area contributed by atoms with Crippen molar-refractivity contribution in [3.8, 4) is 5.75 Å². The number of carbonyl (C=O) groups excluding carboxylic acids is 2. The van der Waals surface area contributed by atoms with Gasteiger partial charge in [-0.25, -0.2) is 0 Å². The van der Waals surface area contributed by atoms with E-state index >= 15 is 0 Å². The van der Waals surface area contributed by atoms with Gasteiger partial charge in [0.05, 0.1) is 11.3 Å². The topological polar surface area (TPSA) is 78.4 Å². The molecular weight excluding hydrogens is 376 g/mol. The number of aromatic hydroxyl groups is 1. The largest absolute Gasteiger partial charge is 0.505 e. The molecule has 5 nitrogen and oxygen atoms in total. The molecule has 0 radical (unpaired) electrons. The van der Waals surface area contributed by atoms with Crippen molar-refractivity contribution in [2.24, 2.45) is 0 Å². The highest BCUT2D eigenvalue weighted by Gasteiger charge is 2.19. The molecule has 148 valence electrons. The molecule has 0 fully saturated rings. The summed E-state index contributed by atoms with van der Waals surface area (Å²) in [5.41, 5.74) is 7.47. The normalized spacial score (nSPS) is 10.6. The van der Waals surface area contributed by atoms with Gasteiger partial charge in [0.2, 0.25) is 0 Å². The van der Waals surface area contributed by atoms with Crippen LogP contribution in [0.1, 0.15) is 31.8 Å². The fraction of sp³-hybridized carbons (Fsp3) is 0.0400. The fourth-order valence-corrected chi connectivity index (χ4v) is 3.40. The van der Waals surface area contributed by atoms with Gasteiger partial charge in [-0.15, -0.1) is 0 Å². The Morgan fingerprint density at radius 3 is 2.30 bits per heavy atom. The fourth-order valence-electron chi connectivity index (χ4n) is 3.40. The highest BCUT2D eigenvalue weighted by Crippen LogP contribution is 2.32. The molecule has 4 rings (SSSR count). The summed E-state index contributed by atoms with van der Waals surface area (Å²) in [6.45, 7) is 1.82. The molecule has 0 aromatic heterocycles. The van der Waals surface area contributed by atoms with Gasteiger partial charge in [0.1, 0.15) is 0 Å². The average molecular weight is 396 g/mol. The van der Waals surface area contributed by atoms with Crippen LogP contribution < -0.4 is 10.9 Å². The van der Waals surface area contributed by atoms with E-state index in [1.54, 1.807) is 42.5 Å². The first-order valence-corrected chi connectivity index (χ1v) is 9.52. The Balaban J connectivity index is 1.65. The summed E-state index contributed by atoms with van der Waals surface area (Å²) in [6, 6.07) is 25.1. The zero-order valence-electron chi connectivity index (χ0n) is 16.3. The number of rotatable bonds is 5. The van der Waals surface area contributed by atoms with Gasteiger partial charge < -0.3 is 5.11 Å². The molecule has 0 aliphatic rings. The van der Waals surface area contributed by atoms with Gasteiger partial charge in [0.15, 0.2) is 11.5 Å². The molecule has 1 amide bonds. The summed E-state index contributed by atoms with van der Waals surface area (Å²) < 4.78 is 0. The second-order valence-electron chi connectivity index (χ2n) is 7.01. The molecule has 0 bridgehead atoms. The number of hydrogen-bond acceptors (Lipinski definition) is 4. The van der Waals surface area contributed by atoms with E-state index in [-0.39, 0.29) is 28.7 Å². The van der Waals surface area contributed by atoms with E-state index < -0.39 is 0 Å². The summed E-state index contributed by atoms with van der Waals surface area (Å²) in [5.74, 6) is -0.851. The molecule has 4 aromatic carbocycles. The number of anilines is 1. The van der Waals surface area contributed by atoms with Gasteiger partial charge in [-0.3, -0.25) is 20.4 Å². The SMILES string of the molecule is Cc1cc(NNC(=O)c2ccccc2)c(O)c(C(=O)c2cccc3ccccc23)c1. The van der Waals surface area contributed by atoms with E-state index in [4.69, 9.17) is 0 Å². The van der Waals surface area contributed by atoms with E-state index in [9.17, 15) is 14.7 Å². The molecule has 0 spiro atoms. The van der Waals surface area contributed by atoms with Crippen LogP contribution in [0.15, 0.2) is 84.9 Å². The summed E-state index contributed by atoms with van der Waals surface area (Å²) >= 11 is 0. The number of phenols is 1. The highest BCUT2D eigenvalue weighted by atomic mass is 16.3. The van der Waals surface area contributed by atoms with E-state index in [2.05, 4.69) is 10.9 Å². The molecule has 5 heteroatoms. The Morgan fingerprint density at radius 2 is 1.50 bits per heavy atom. The smallest absolute Gasteiger partial charge is 0.269 e. The standard InChI is InChI=1S/C25H20N2O3/c1-16-14-21(23(28)20-13-7-11-17-8-5-6-12-19(17)20)24(29)22(15-16)26-27-25(30)18-9-3-2-4-10-18/h2-15,26,29H,1H3,(H,27,30). The van der Waals surface area contributed by atoms with Crippen LogP contribution in [-0.2, 0) is 0 Å². The lowest BCUT2D eigenvalue weighted by Gasteiger charge is -2.14. The van der Waals surface area contributed by atoms with Crippen molar-refractivity contribution < 1.29 is 14.7 Å². The van der Waals surface area contributed by atoms with E-state index in [1.807, 2.05) is 49.4 Å². The van der Waals surface area contributed by atoms with E-state index in [0.29, 0.717) is 11.1 Å². The maximum Gasteiger partial charge on any atom is 0.269 e. The van der Waals surface area contributed by atoms with Crippen LogP contribution in [0.25, 0.3) is 10.8 Å². The molecule has 0 saturated heterocycles. The van der Waals surface area contributed by atoms with Crippen molar-refractivity contribution in [2.75, 3.05) is 5.43 Å². The number of carbonyl (C=O) groups is 2. The van der Waals surface area contributed by atoms with Crippen molar-refractivity contribution >= 4 is 28.2 Å². The molecule has 0 aliphatic heterocycles. The number of amides is 1. The van der Waals surface area contributed by atoms with E-state index in [0.717, 1.165) is 16.3 Å². The maximum absolute atomic E-state index is 13.3. The van der Waals surface area contributed by atoms with Gasteiger partial charge >= 0.3 is 0 Å². The number of ketones is 1. The van der Waals surface area contributed by atoms with Gasteiger partial charge in [-0.05, 0) is 47.5 Å². The lowest BCUT2D eigenvalue weighted by Crippen LogP contribution is -2.29. The minimum Gasteiger partial charge on any atom is -0.505 e. The van der Waals surface area contributed by atoms with Crippen LogP contribution in [0, 0.1) is 6.92 Å². The number of hydrogen-bond donors (Lipinski definition) is 3. The number of nitrogens with one attached hydrogen (secondary N) is 2. The summed E-state index contributed by atoms with van der Waals surface area (Å²) in [7, 11) is 0.